The number of nitrogens with zero attached hydrogens (tertiary/aromatic N) is 3. The van der Waals surface area contributed by atoms with Crippen molar-refractivity contribution in [2.75, 3.05) is 13.1 Å². The van der Waals surface area contributed by atoms with Crippen LogP contribution in [0.3, 0.4) is 0 Å². The maximum Gasteiger partial charge on any atom is 0.255 e. The zero-order valence-electron chi connectivity index (χ0n) is 11.9. The van der Waals surface area contributed by atoms with E-state index in [9.17, 15) is 4.79 Å². The Morgan fingerprint density at radius 2 is 2.00 bits per heavy atom. The fraction of sp³-hybridized carbons (Fsp3) is 0.643. The molecule has 0 saturated carbocycles. The van der Waals surface area contributed by atoms with Crippen LogP contribution < -0.4 is 5.73 Å². The van der Waals surface area contributed by atoms with E-state index in [4.69, 9.17) is 5.73 Å². The number of carbonyl (C=O) groups excluding carboxylic acids is 1. The van der Waals surface area contributed by atoms with E-state index in [0.717, 1.165) is 31.6 Å². The Hall–Kier alpha value is -1.49. The second kappa shape index (κ2) is 5.65. The van der Waals surface area contributed by atoms with Crippen LogP contribution in [0.25, 0.3) is 0 Å². The summed E-state index contributed by atoms with van der Waals surface area (Å²) in [5.41, 5.74) is 8.07. The molecule has 2 heterocycles. The molecular weight excluding hydrogens is 240 g/mol. The average molecular weight is 262 g/mol. The minimum atomic E-state index is 0.0682. The standard InChI is InChI=1S/C14H22N4O/c1-9-8-13(11(3)17-16-9)14(19)18-6-4-12(5-7-18)10(2)15/h8,10,12H,4-7,15H2,1-3H3. The predicted molar refractivity (Wildman–Crippen MR) is 73.8 cm³/mol. The van der Waals surface area contributed by atoms with E-state index in [1.807, 2.05) is 31.7 Å². The molecule has 0 bridgehead atoms. The van der Waals surface area contributed by atoms with E-state index < -0.39 is 0 Å². The van der Waals surface area contributed by atoms with Crippen molar-refractivity contribution in [1.82, 2.24) is 15.1 Å². The Kier molecular flexibility index (Phi) is 4.14. The predicted octanol–water partition coefficient (Wildman–Crippen LogP) is 1.29. The van der Waals surface area contributed by atoms with Crippen LogP contribution in [-0.2, 0) is 0 Å². The second-order valence-corrected chi connectivity index (χ2v) is 5.47. The highest BCUT2D eigenvalue weighted by molar-refractivity contribution is 5.95. The molecule has 1 saturated heterocycles. The molecule has 1 aliphatic rings. The van der Waals surface area contributed by atoms with E-state index in [2.05, 4.69) is 10.2 Å². The van der Waals surface area contributed by atoms with Gasteiger partial charge in [0.2, 0.25) is 0 Å². The third-order valence-electron chi connectivity index (χ3n) is 3.90. The quantitative estimate of drug-likeness (QED) is 0.871. The van der Waals surface area contributed by atoms with Crippen LogP contribution >= 0.6 is 0 Å². The number of aryl methyl sites for hydroxylation is 2. The first-order valence-electron chi connectivity index (χ1n) is 6.85. The summed E-state index contributed by atoms with van der Waals surface area (Å²) in [6.45, 7) is 7.29. The summed E-state index contributed by atoms with van der Waals surface area (Å²) in [7, 11) is 0. The minimum absolute atomic E-state index is 0.0682. The van der Waals surface area contributed by atoms with Crippen molar-refractivity contribution < 1.29 is 4.79 Å². The number of likely N-dealkylation sites (tertiary alicyclic amines) is 1. The van der Waals surface area contributed by atoms with Crippen molar-refractivity contribution in [2.45, 2.75) is 39.7 Å². The van der Waals surface area contributed by atoms with Crippen LogP contribution in [-0.4, -0.2) is 40.1 Å². The molecule has 0 radical (unpaired) electrons. The Labute approximate surface area is 114 Å². The smallest absolute Gasteiger partial charge is 0.255 e. The van der Waals surface area contributed by atoms with Crippen LogP contribution in [0.2, 0.25) is 0 Å². The molecule has 0 aromatic carbocycles. The van der Waals surface area contributed by atoms with Crippen LogP contribution in [0.1, 0.15) is 41.5 Å². The number of nitrogens with two attached hydrogens (primary N) is 1. The van der Waals surface area contributed by atoms with E-state index in [1.165, 1.54) is 0 Å². The van der Waals surface area contributed by atoms with Crippen LogP contribution in [0.15, 0.2) is 6.07 Å². The number of hydrogen-bond donors (Lipinski definition) is 1. The zero-order chi connectivity index (χ0) is 14.0. The first kappa shape index (κ1) is 13.9. The molecule has 1 atom stereocenters. The topological polar surface area (TPSA) is 72.1 Å². The molecule has 1 aromatic heterocycles. The summed E-state index contributed by atoms with van der Waals surface area (Å²) < 4.78 is 0. The van der Waals surface area contributed by atoms with E-state index in [-0.39, 0.29) is 11.9 Å². The number of aromatic nitrogens is 2. The molecular formula is C14H22N4O. The summed E-state index contributed by atoms with van der Waals surface area (Å²) in [4.78, 5) is 14.4. The third-order valence-corrected chi connectivity index (χ3v) is 3.90. The highest BCUT2D eigenvalue weighted by atomic mass is 16.2. The maximum atomic E-state index is 12.5. The lowest BCUT2D eigenvalue weighted by Crippen LogP contribution is -2.42. The van der Waals surface area contributed by atoms with Crippen molar-refractivity contribution >= 4 is 5.91 Å². The Morgan fingerprint density at radius 1 is 1.37 bits per heavy atom. The van der Waals surface area contributed by atoms with Gasteiger partial charge in [0.25, 0.3) is 5.91 Å². The lowest BCUT2D eigenvalue weighted by Gasteiger charge is -2.33. The van der Waals surface area contributed by atoms with Gasteiger partial charge >= 0.3 is 0 Å². The average Bonchev–Trinajstić information content (AvgIpc) is 2.41. The molecule has 1 aliphatic heterocycles. The Balaban J connectivity index is 2.07. The van der Waals surface area contributed by atoms with Gasteiger partial charge in [0.1, 0.15) is 0 Å². The normalized spacial score (nSPS) is 18.4. The number of piperidine rings is 1. The third kappa shape index (κ3) is 3.10. The molecule has 0 spiro atoms. The van der Waals surface area contributed by atoms with Gasteiger partial charge in [-0.1, -0.05) is 0 Å². The molecule has 19 heavy (non-hydrogen) atoms. The van der Waals surface area contributed by atoms with Crippen LogP contribution in [0.5, 0.6) is 0 Å². The molecule has 2 N–H and O–H groups in total. The van der Waals surface area contributed by atoms with Crippen molar-refractivity contribution in [3.63, 3.8) is 0 Å². The maximum absolute atomic E-state index is 12.5. The Morgan fingerprint density at radius 3 is 2.58 bits per heavy atom. The molecule has 1 unspecified atom stereocenters. The van der Waals surface area contributed by atoms with Gasteiger partial charge < -0.3 is 10.6 Å². The van der Waals surface area contributed by atoms with Gasteiger partial charge in [0.15, 0.2) is 0 Å². The van der Waals surface area contributed by atoms with Crippen LogP contribution in [0.4, 0.5) is 0 Å². The number of amides is 1. The molecule has 0 aliphatic carbocycles. The van der Waals surface area contributed by atoms with Crippen molar-refractivity contribution in [2.24, 2.45) is 11.7 Å². The molecule has 104 valence electrons. The van der Waals surface area contributed by atoms with Gasteiger partial charge in [-0.3, -0.25) is 4.79 Å². The number of carbonyl (C=O) groups is 1. The van der Waals surface area contributed by atoms with Gasteiger partial charge in [-0.05, 0) is 45.6 Å². The summed E-state index contributed by atoms with van der Waals surface area (Å²) in [5, 5.41) is 7.99. The lowest BCUT2D eigenvalue weighted by molar-refractivity contribution is 0.0679. The van der Waals surface area contributed by atoms with Crippen molar-refractivity contribution in [1.29, 1.82) is 0 Å². The van der Waals surface area contributed by atoms with E-state index >= 15 is 0 Å². The van der Waals surface area contributed by atoms with E-state index in [0.29, 0.717) is 17.2 Å². The van der Waals surface area contributed by atoms with Gasteiger partial charge in [-0.15, -0.1) is 0 Å². The van der Waals surface area contributed by atoms with E-state index in [1.54, 1.807) is 0 Å². The van der Waals surface area contributed by atoms with Crippen molar-refractivity contribution in [3.05, 3.63) is 23.0 Å². The highest BCUT2D eigenvalue weighted by Crippen LogP contribution is 2.21. The van der Waals surface area contributed by atoms with Crippen LogP contribution in [0, 0.1) is 19.8 Å². The summed E-state index contributed by atoms with van der Waals surface area (Å²) in [6, 6.07) is 2.03. The Bertz CT molecular complexity index is 465. The largest absolute Gasteiger partial charge is 0.339 e. The SMILES string of the molecule is Cc1cc(C(=O)N2CCC(C(C)N)CC2)c(C)nn1. The molecule has 1 aromatic rings. The van der Waals surface area contributed by atoms with Gasteiger partial charge in [0.05, 0.1) is 17.0 Å². The second-order valence-electron chi connectivity index (χ2n) is 5.47. The molecule has 2 rings (SSSR count). The molecule has 1 amide bonds. The van der Waals surface area contributed by atoms with Gasteiger partial charge in [-0.25, -0.2) is 0 Å². The summed E-state index contributed by atoms with van der Waals surface area (Å²) in [5.74, 6) is 0.598. The first-order chi connectivity index (χ1) is 8.99. The first-order valence-corrected chi connectivity index (χ1v) is 6.85. The summed E-state index contributed by atoms with van der Waals surface area (Å²) >= 11 is 0. The molecule has 5 heteroatoms. The molecule has 5 nitrogen and oxygen atoms in total. The minimum Gasteiger partial charge on any atom is -0.339 e. The highest BCUT2D eigenvalue weighted by Gasteiger charge is 2.26. The zero-order valence-corrected chi connectivity index (χ0v) is 11.9. The van der Waals surface area contributed by atoms with Gasteiger partial charge in [-0.2, -0.15) is 10.2 Å². The molecule has 1 fully saturated rings. The summed E-state index contributed by atoms with van der Waals surface area (Å²) in [6.07, 6.45) is 1.97. The number of hydrogen-bond acceptors (Lipinski definition) is 4. The number of rotatable bonds is 2. The van der Waals surface area contributed by atoms with Gasteiger partial charge in [0, 0.05) is 19.1 Å². The monoisotopic (exact) mass is 262 g/mol. The fourth-order valence-electron chi connectivity index (χ4n) is 2.57. The van der Waals surface area contributed by atoms with Crippen molar-refractivity contribution in [3.8, 4) is 0 Å². The lowest BCUT2D eigenvalue weighted by atomic mass is 9.90. The fourth-order valence-corrected chi connectivity index (χ4v) is 2.57.